The van der Waals surface area contributed by atoms with Crippen LogP contribution in [0.2, 0.25) is 0 Å². The number of rotatable bonds is 5. The van der Waals surface area contributed by atoms with Crippen LogP contribution in [0.5, 0.6) is 11.5 Å². The van der Waals surface area contributed by atoms with Gasteiger partial charge in [-0.1, -0.05) is 18.2 Å². The first-order chi connectivity index (χ1) is 11.1. The summed E-state index contributed by atoms with van der Waals surface area (Å²) in [6, 6.07) is 7.52. The predicted molar refractivity (Wildman–Crippen MR) is 72.3 cm³/mol. The van der Waals surface area contributed by atoms with Crippen LogP contribution in [0.3, 0.4) is 0 Å². The highest BCUT2D eigenvalue weighted by Crippen LogP contribution is 2.33. The summed E-state index contributed by atoms with van der Waals surface area (Å²) in [5.41, 5.74) is -1.12. The third-order valence-corrected chi connectivity index (χ3v) is 3.99. The number of ether oxygens (including phenoxy) is 1. The summed E-state index contributed by atoms with van der Waals surface area (Å²) < 4.78 is 95.4. The van der Waals surface area contributed by atoms with Gasteiger partial charge in [-0.15, -0.1) is 0 Å². The number of hydrogen-bond donors (Lipinski definition) is 0. The van der Waals surface area contributed by atoms with Crippen molar-refractivity contribution in [3.8, 4) is 11.5 Å². The fraction of sp³-hybridized carbons (Fsp3) is 0.143. The van der Waals surface area contributed by atoms with Crippen LogP contribution in [0.4, 0.5) is 22.0 Å². The summed E-state index contributed by atoms with van der Waals surface area (Å²) >= 11 is 0. The second-order valence-electron chi connectivity index (χ2n) is 4.39. The van der Waals surface area contributed by atoms with Gasteiger partial charge < -0.3 is 8.92 Å². The Morgan fingerprint density at radius 3 is 2.25 bits per heavy atom. The molecule has 2 rings (SSSR count). The highest BCUT2D eigenvalue weighted by molar-refractivity contribution is 7.87. The molecule has 0 aliphatic heterocycles. The normalized spacial score (nSPS) is 12.2. The Balaban J connectivity index is 2.36. The molecule has 0 saturated heterocycles. The molecule has 0 aliphatic carbocycles. The van der Waals surface area contributed by atoms with Gasteiger partial charge in [0.05, 0.1) is 5.56 Å². The molecule has 2 aromatic rings. The van der Waals surface area contributed by atoms with E-state index >= 15 is 0 Å². The van der Waals surface area contributed by atoms with Gasteiger partial charge in [0.25, 0.3) is 0 Å². The lowest BCUT2D eigenvalue weighted by Crippen LogP contribution is -2.14. The van der Waals surface area contributed by atoms with Crippen molar-refractivity contribution in [2.24, 2.45) is 0 Å². The molecule has 24 heavy (non-hydrogen) atoms. The van der Waals surface area contributed by atoms with E-state index in [0.717, 1.165) is 30.3 Å². The van der Waals surface area contributed by atoms with Crippen LogP contribution in [-0.4, -0.2) is 15.0 Å². The summed E-state index contributed by atoms with van der Waals surface area (Å²) in [7, 11) is -4.68. The van der Waals surface area contributed by atoms with Gasteiger partial charge in [-0.25, -0.2) is 0 Å². The number of halogens is 5. The third-order valence-electron chi connectivity index (χ3n) is 2.70. The van der Waals surface area contributed by atoms with Crippen LogP contribution < -0.4 is 8.92 Å². The monoisotopic (exact) mass is 368 g/mol. The molecule has 0 bridgehead atoms. The van der Waals surface area contributed by atoms with E-state index in [4.69, 9.17) is 0 Å². The molecule has 0 N–H and O–H groups in total. The maximum atomic E-state index is 12.6. The molecule has 0 aliphatic rings. The molecule has 4 nitrogen and oxygen atoms in total. The van der Waals surface area contributed by atoms with E-state index in [1.54, 1.807) is 0 Å². The Morgan fingerprint density at radius 2 is 1.62 bits per heavy atom. The van der Waals surface area contributed by atoms with Gasteiger partial charge in [0.1, 0.15) is 16.4 Å². The van der Waals surface area contributed by atoms with Gasteiger partial charge in [0.15, 0.2) is 0 Å². The highest BCUT2D eigenvalue weighted by Gasteiger charge is 2.31. The maximum absolute atomic E-state index is 12.6. The Kier molecular flexibility index (Phi) is 4.97. The largest absolute Gasteiger partial charge is 0.433 e. The van der Waals surface area contributed by atoms with E-state index in [0.29, 0.717) is 6.07 Å². The van der Waals surface area contributed by atoms with Crippen molar-refractivity contribution in [2.45, 2.75) is 17.7 Å². The lowest BCUT2D eigenvalue weighted by molar-refractivity contribution is -0.137. The second kappa shape index (κ2) is 6.63. The topological polar surface area (TPSA) is 52.6 Å². The summed E-state index contributed by atoms with van der Waals surface area (Å²) in [6.45, 7) is -3.28. The standard InChI is InChI=1S/C14H9F5O4S/c15-13(16)22-11-6-1-2-7-12(11)24(20,21)23-10-5-3-4-9(8-10)14(17,18)19/h1-8,13H. The van der Waals surface area contributed by atoms with E-state index in [9.17, 15) is 30.4 Å². The first-order valence-corrected chi connectivity index (χ1v) is 7.66. The van der Waals surface area contributed by atoms with Crippen molar-refractivity contribution in [3.63, 3.8) is 0 Å². The van der Waals surface area contributed by atoms with E-state index in [1.807, 2.05) is 0 Å². The summed E-state index contributed by atoms with van der Waals surface area (Å²) in [5.74, 6) is -1.30. The molecule has 130 valence electrons. The van der Waals surface area contributed by atoms with E-state index in [1.165, 1.54) is 12.1 Å². The van der Waals surface area contributed by atoms with Gasteiger partial charge >= 0.3 is 22.9 Å². The molecule has 0 radical (unpaired) electrons. The zero-order chi connectivity index (χ0) is 18.0. The Morgan fingerprint density at radius 1 is 0.958 bits per heavy atom. The first-order valence-electron chi connectivity index (χ1n) is 6.25. The maximum Gasteiger partial charge on any atom is 0.416 e. The van der Waals surface area contributed by atoms with E-state index < -0.39 is 44.9 Å². The second-order valence-corrected chi connectivity index (χ2v) is 5.90. The molecular weight excluding hydrogens is 359 g/mol. The van der Waals surface area contributed by atoms with Crippen LogP contribution in [0, 0.1) is 0 Å². The zero-order valence-corrected chi connectivity index (χ0v) is 12.4. The molecule has 0 aromatic heterocycles. The Labute approximate surface area is 133 Å². The summed E-state index contributed by atoms with van der Waals surface area (Å²) in [5, 5.41) is 0. The van der Waals surface area contributed by atoms with Crippen LogP contribution in [0.1, 0.15) is 5.56 Å². The average Bonchev–Trinajstić information content (AvgIpc) is 2.46. The van der Waals surface area contributed by atoms with Crippen molar-refractivity contribution >= 4 is 10.1 Å². The highest BCUT2D eigenvalue weighted by atomic mass is 32.2. The molecule has 2 aromatic carbocycles. The van der Waals surface area contributed by atoms with Gasteiger partial charge in [0, 0.05) is 0 Å². The summed E-state index contributed by atoms with van der Waals surface area (Å²) in [6.07, 6.45) is -4.69. The minimum absolute atomic E-state index is 0.480. The fourth-order valence-electron chi connectivity index (χ4n) is 1.75. The number of hydrogen-bond acceptors (Lipinski definition) is 4. The lowest BCUT2D eigenvalue weighted by Gasteiger charge is -2.13. The third kappa shape index (κ3) is 4.34. The van der Waals surface area contributed by atoms with Crippen LogP contribution >= 0.6 is 0 Å². The van der Waals surface area contributed by atoms with Crippen molar-refractivity contribution in [1.29, 1.82) is 0 Å². The number of para-hydroxylation sites is 1. The average molecular weight is 368 g/mol. The molecule has 10 heteroatoms. The van der Waals surface area contributed by atoms with Gasteiger partial charge in [-0.3, -0.25) is 0 Å². The van der Waals surface area contributed by atoms with Gasteiger partial charge in [0.2, 0.25) is 0 Å². The molecule has 0 unspecified atom stereocenters. The minimum atomic E-state index is -4.69. The first kappa shape index (κ1) is 18.0. The minimum Gasteiger partial charge on any atom is -0.433 e. The van der Waals surface area contributed by atoms with E-state index in [2.05, 4.69) is 8.92 Å². The fourth-order valence-corrected chi connectivity index (χ4v) is 2.80. The summed E-state index contributed by atoms with van der Waals surface area (Å²) in [4.78, 5) is -0.734. The molecular formula is C14H9F5O4S. The van der Waals surface area contributed by atoms with Crippen LogP contribution in [0.25, 0.3) is 0 Å². The zero-order valence-electron chi connectivity index (χ0n) is 11.6. The lowest BCUT2D eigenvalue weighted by atomic mass is 10.2. The number of benzene rings is 2. The molecule has 0 amide bonds. The molecule has 0 spiro atoms. The molecule has 0 saturated carbocycles. The molecule has 0 atom stereocenters. The van der Waals surface area contributed by atoms with Crippen molar-refractivity contribution in [1.82, 2.24) is 0 Å². The predicted octanol–water partition coefficient (Wildman–Crippen LogP) is 4.07. The SMILES string of the molecule is O=S(=O)(Oc1cccc(C(F)(F)F)c1)c1ccccc1OC(F)F. The quantitative estimate of drug-likeness (QED) is 0.590. The smallest absolute Gasteiger partial charge is 0.416 e. The van der Waals surface area contributed by atoms with Crippen LogP contribution in [-0.2, 0) is 16.3 Å². The number of alkyl halides is 5. The Bertz CT molecular complexity index is 818. The van der Waals surface area contributed by atoms with E-state index in [-0.39, 0.29) is 0 Å². The van der Waals surface area contributed by atoms with Crippen LogP contribution in [0.15, 0.2) is 53.4 Å². The van der Waals surface area contributed by atoms with Gasteiger partial charge in [-0.2, -0.15) is 30.4 Å². The molecule has 0 fully saturated rings. The van der Waals surface area contributed by atoms with Crippen molar-refractivity contribution in [2.75, 3.05) is 0 Å². The molecule has 0 heterocycles. The van der Waals surface area contributed by atoms with Crippen molar-refractivity contribution in [3.05, 3.63) is 54.1 Å². The van der Waals surface area contributed by atoms with Crippen molar-refractivity contribution < 1.29 is 39.3 Å². The Hall–Kier alpha value is -2.36. The van der Waals surface area contributed by atoms with Gasteiger partial charge in [-0.05, 0) is 30.3 Å².